The highest BCUT2D eigenvalue weighted by Gasteiger charge is 2.24. The monoisotopic (exact) mass is 193 g/mol. The maximum absolute atomic E-state index is 5.26. The Bertz CT molecular complexity index is 312. The number of rotatable bonds is 3. The summed E-state index contributed by atoms with van der Waals surface area (Å²) in [6.45, 7) is 2.05. The molecule has 0 radical (unpaired) electrons. The van der Waals surface area contributed by atoms with Crippen molar-refractivity contribution in [1.29, 1.82) is 0 Å². The summed E-state index contributed by atoms with van der Waals surface area (Å²) in [5, 5.41) is 3.24. The molecule has 1 aliphatic heterocycles. The van der Waals surface area contributed by atoms with Crippen LogP contribution < -0.4 is 15.0 Å². The first-order valence-electron chi connectivity index (χ1n) is 4.75. The molecular weight excluding hydrogens is 178 g/mol. The van der Waals surface area contributed by atoms with Crippen molar-refractivity contribution >= 4 is 5.82 Å². The molecule has 4 heteroatoms. The predicted molar refractivity (Wildman–Crippen MR) is 55.8 cm³/mol. The molecule has 1 aliphatic rings. The van der Waals surface area contributed by atoms with Gasteiger partial charge in [-0.25, -0.2) is 4.98 Å². The van der Waals surface area contributed by atoms with Gasteiger partial charge in [0, 0.05) is 26.3 Å². The Kier molecular flexibility index (Phi) is 2.54. The second-order valence-electron chi connectivity index (χ2n) is 3.45. The molecule has 1 aromatic rings. The van der Waals surface area contributed by atoms with E-state index in [-0.39, 0.29) is 0 Å². The molecule has 0 unspecified atom stereocenters. The number of aromatic nitrogens is 1. The molecule has 0 bridgehead atoms. The Hall–Kier alpha value is -1.29. The van der Waals surface area contributed by atoms with Crippen LogP contribution in [0.3, 0.4) is 0 Å². The van der Waals surface area contributed by atoms with Gasteiger partial charge in [0.25, 0.3) is 0 Å². The number of pyridine rings is 1. The van der Waals surface area contributed by atoms with Gasteiger partial charge in [-0.15, -0.1) is 0 Å². The van der Waals surface area contributed by atoms with Crippen molar-refractivity contribution in [3.05, 3.63) is 18.3 Å². The van der Waals surface area contributed by atoms with Gasteiger partial charge < -0.3 is 15.0 Å². The van der Waals surface area contributed by atoms with Crippen molar-refractivity contribution in [3.63, 3.8) is 0 Å². The van der Waals surface area contributed by atoms with Gasteiger partial charge in [-0.2, -0.15) is 0 Å². The van der Waals surface area contributed by atoms with Crippen LogP contribution in [0.1, 0.15) is 0 Å². The molecule has 0 aromatic carbocycles. The Labute approximate surface area is 83.9 Å². The highest BCUT2D eigenvalue weighted by atomic mass is 16.5. The number of ether oxygens (including phenoxy) is 1. The second-order valence-corrected chi connectivity index (χ2v) is 3.45. The van der Waals surface area contributed by atoms with Crippen molar-refractivity contribution in [2.24, 2.45) is 0 Å². The first kappa shape index (κ1) is 9.27. The van der Waals surface area contributed by atoms with Crippen molar-refractivity contribution in [3.8, 4) is 5.75 Å². The number of likely N-dealkylation sites (N-methyl/N-ethyl adjacent to an activating group) is 1. The summed E-state index contributed by atoms with van der Waals surface area (Å²) in [7, 11) is 3.73. The molecule has 0 atom stereocenters. The van der Waals surface area contributed by atoms with Gasteiger partial charge in [0.15, 0.2) is 11.6 Å². The molecule has 4 nitrogen and oxygen atoms in total. The fraction of sp³-hybridized carbons (Fsp3) is 0.500. The minimum atomic E-state index is 0.541. The van der Waals surface area contributed by atoms with Crippen molar-refractivity contribution < 1.29 is 4.74 Å². The van der Waals surface area contributed by atoms with Crippen LogP contribution in [0.4, 0.5) is 5.82 Å². The molecule has 0 aliphatic carbocycles. The van der Waals surface area contributed by atoms with Crippen LogP contribution in [0.15, 0.2) is 18.3 Å². The van der Waals surface area contributed by atoms with E-state index in [1.54, 1.807) is 13.3 Å². The topological polar surface area (TPSA) is 37.4 Å². The van der Waals surface area contributed by atoms with Crippen molar-refractivity contribution in [2.45, 2.75) is 6.04 Å². The van der Waals surface area contributed by atoms with Crippen LogP contribution >= 0.6 is 0 Å². The summed E-state index contributed by atoms with van der Waals surface area (Å²) in [4.78, 5) is 6.49. The lowest BCUT2D eigenvalue weighted by Gasteiger charge is -2.36. The summed E-state index contributed by atoms with van der Waals surface area (Å²) >= 11 is 0. The van der Waals surface area contributed by atoms with E-state index >= 15 is 0 Å². The van der Waals surface area contributed by atoms with E-state index in [0.29, 0.717) is 6.04 Å². The van der Waals surface area contributed by atoms with E-state index in [4.69, 9.17) is 4.74 Å². The zero-order valence-electron chi connectivity index (χ0n) is 8.53. The Morgan fingerprint density at radius 3 is 2.93 bits per heavy atom. The van der Waals surface area contributed by atoms with Crippen LogP contribution in [0.5, 0.6) is 5.75 Å². The summed E-state index contributed by atoms with van der Waals surface area (Å²) < 4.78 is 5.26. The Morgan fingerprint density at radius 2 is 2.36 bits per heavy atom. The number of hydrogen-bond acceptors (Lipinski definition) is 4. The quantitative estimate of drug-likeness (QED) is 0.758. The molecule has 14 heavy (non-hydrogen) atoms. The van der Waals surface area contributed by atoms with E-state index in [0.717, 1.165) is 24.7 Å². The molecule has 1 fully saturated rings. The lowest BCUT2D eigenvalue weighted by molar-refractivity contribution is 0.397. The second kappa shape index (κ2) is 3.84. The van der Waals surface area contributed by atoms with E-state index < -0.39 is 0 Å². The molecule has 0 spiro atoms. The molecular formula is C10H15N3O. The summed E-state index contributed by atoms with van der Waals surface area (Å²) in [6, 6.07) is 4.36. The molecule has 0 amide bonds. The minimum absolute atomic E-state index is 0.541. The Balaban J connectivity index is 2.20. The highest BCUT2D eigenvalue weighted by Crippen LogP contribution is 2.25. The number of anilines is 1. The fourth-order valence-electron chi connectivity index (χ4n) is 1.53. The lowest BCUT2D eigenvalue weighted by Crippen LogP contribution is -2.56. The SMILES string of the molecule is COc1cccnc1N(C)C1CNC1. The van der Waals surface area contributed by atoms with Gasteiger partial charge in [0.2, 0.25) is 0 Å². The average molecular weight is 193 g/mol. The van der Waals surface area contributed by atoms with Crippen molar-refractivity contribution in [1.82, 2.24) is 10.3 Å². The molecule has 2 heterocycles. The maximum Gasteiger partial charge on any atom is 0.171 e. The van der Waals surface area contributed by atoms with Crippen molar-refractivity contribution in [2.75, 3.05) is 32.1 Å². The predicted octanol–water partition coefficient (Wildman–Crippen LogP) is 0.498. The largest absolute Gasteiger partial charge is 0.493 e. The third kappa shape index (κ3) is 1.53. The Morgan fingerprint density at radius 1 is 1.57 bits per heavy atom. The van der Waals surface area contributed by atoms with E-state index in [1.807, 2.05) is 12.1 Å². The lowest BCUT2D eigenvalue weighted by atomic mass is 10.1. The van der Waals surface area contributed by atoms with Crippen LogP contribution in [0, 0.1) is 0 Å². The standard InChI is InChI=1S/C10H15N3O/c1-13(8-6-11-7-8)10-9(14-2)4-3-5-12-10/h3-5,8,11H,6-7H2,1-2H3. The molecule has 2 rings (SSSR count). The fourth-order valence-corrected chi connectivity index (χ4v) is 1.53. The van der Waals surface area contributed by atoms with Gasteiger partial charge in [-0.3, -0.25) is 0 Å². The number of methoxy groups -OCH3 is 1. The first-order valence-corrected chi connectivity index (χ1v) is 4.75. The maximum atomic E-state index is 5.26. The van der Waals surface area contributed by atoms with Gasteiger partial charge in [-0.05, 0) is 12.1 Å². The third-order valence-electron chi connectivity index (χ3n) is 2.61. The molecule has 0 saturated carbocycles. The molecule has 1 saturated heterocycles. The number of hydrogen-bond donors (Lipinski definition) is 1. The minimum Gasteiger partial charge on any atom is -0.493 e. The van der Waals surface area contributed by atoms with Crippen LogP contribution in [-0.4, -0.2) is 38.3 Å². The van der Waals surface area contributed by atoms with Gasteiger partial charge >= 0.3 is 0 Å². The zero-order chi connectivity index (χ0) is 9.97. The third-order valence-corrected chi connectivity index (χ3v) is 2.61. The summed E-state index contributed by atoms with van der Waals surface area (Å²) in [5.41, 5.74) is 0. The van der Waals surface area contributed by atoms with Gasteiger partial charge in [0.05, 0.1) is 13.2 Å². The van der Waals surface area contributed by atoms with Crippen LogP contribution in [0.25, 0.3) is 0 Å². The first-order chi connectivity index (χ1) is 6.83. The smallest absolute Gasteiger partial charge is 0.171 e. The van der Waals surface area contributed by atoms with E-state index in [9.17, 15) is 0 Å². The molecule has 1 aromatic heterocycles. The molecule has 1 N–H and O–H groups in total. The molecule has 76 valence electrons. The normalized spacial score (nSPS) is 16.1. The summed E-state index contributed by atoms with van der Waals surface area (Å²) in [5.74, 6) is 1.75. The number of nitrogens with zero attached hydrogens (tertiary/aromatic N) is 2. The van der Waals surface area contributed by atoms with Crippen LogP contribution in [0.2, 0.25) is 0 Å². The van der Waals surface area contributed by atoms with E-state index in [2.05, 4.69) is 22.2 Å². The van der Waals surface area contributed by atoms with Gasteiger partial charge in [0.1, 0.15) is 0 Å². The van der Waals surface area contributed by atoms with Gasteiger partial charge in [-0.1, -0.05) is 0 Å². The number of nitrogens with one attached hydrogen (secondary N) is 1. The zero-order valence-corrected chi connectivity index (χ0v) is 8.53. The average Bonchev–Trinajstić information content (AvgIpc) is 2.15. The van der Waals surface area contributed by atoms with Crippen LogP contribution in [-0.2, 0) is 0 Å². The van der Waals surface area contributed by atoms with E-state index in [1.165, 1.54) is 0 Å². The summed E-state index contributed by atoms with van der Waals surface area (Å²) in [6.07, 6.45) is 1.79. The highest BCUT2D eigenvalue weighted by molar-refractivity contribution is 5.52.